The van der Waals surface area contributed by atoms with Gasteiger partial charge in [-0.05, 0) is 39.2 Å². The number of nitrogens with two attached hydrogens (primary N) is 1. The Labute approximate surface area is 122 Å². The van der Waals surface area contributed by atoms with E-state index < -0.39 is 0 Å². The van der Waals surface area contributed by atoms with E-state index in [0.29, 0.717) is 11.7 Å². The zero-order chi connectivity index (χ0) is 14.0. The van der Waals surface area contributed by atoms with Crippen molar-refractivity contribution in [1.29, 1.82) is 0 Å². The van der Waals surface area contributed by atoms with Crippen molar-refractivity contribution in [2.45, 2.75) is 13.0 Å². The normalized spacial score (nSPS) is 12.9. The summed E-state index contributed by atoms with van der Waals surface area (Å²) in [5.74, 6) is 0. The number of likely N-dealkylation sites (N-methyl/N-ethyl adjacent to an activating group) is 1. The third kappa shape index (κ3) is 3.16. The smallest absolute Gasteiger partial charge is 0.0743 e. The van der Waals surface area contributed by atoms with Crippen LogP contribution >= 0.6 is 15.9 Å². The number of benzene rings is 1. The molecule has 0 bridgehead atoms. The molecule has 0 amide bonds. The molecule has 19 heavy (non-hydrogen) atoms. The monoisotopic (exact) mass is 322 g/mol. The van der Waals surface area contributed by atoms with Gasteiger partial charge in [-0.1, -0.05) is 15.9 Å². The number of rotatable bonds is 4. The third-order valence-electron chi connectivity index (χ3n) is 3.32. The lowest BCUT2D eigenvalue weighted by Gasteiger charge is -2.21. The van der Waals surface area contributed by atoms with Crippen LogP contribution in [0.25, 0.3) is 10.9 Å². The summed E-state index contributed by atoms with van der Waals surface area (Å²) in [5.41, 5.74) is 8.62. The maximum atomic E-state index is 6.05. The molecule has 0 aliphatic rings. The Morgan fingerprint density at radius 1 is 1.42 bits per heavy atom. The van der Waals surface area contributed by atoms with E-state index in [0.717, 1.165) is 27.6 Å². The molecule has 1 aromatic heterocycles. The van der Waals surface area contributed by atoms with Gasteiger partial charge in [0.15, 0.2) is 0 Å². The quantitative estimate of drug-likeness (QED) is 0.908. The van der Waals surface area contributed by atoms with Crippen LogP contribution in [0.4, 0.5) is 11.4 Å². The van der Waals surface area contributed by atoms with Gasteiger partial charge in [0.05, 0.1) is 23.1 Å². The minimum Gasteiger partial charge on any atom is -0.396 e. The van der Waals surface area contributed by atoms with Crippen molar-refractivity contribution in [3.63, 3.8) is 0 Å². The molecule has 1 heterocycles. The number of nitrogens with one attached hydrogen (secondary N) is 1. The van der Waals surface area contributed by atoms with Crippen LogP contribution in [0.2, 0.25) is 0 Å². The minimum atomic E-state index is 0.426. The molecule has 0 saturated carbocycles. The van der Waals surface area contributed by atoms with Gasteiger partial charge in [0.1, 0.15) is 0 Å². The molecule has 1 unspecified atom stereocenters. The van der Waals surface area contributed by atoms with Crippen LogP contribution in [0.5, 0.6) is 0 Å². The van der Waals surface area contributed by atoms with E-state index in [2.05, 4.69) is 52.1 Å². The molecule has 1 atom stereocenters. The molecule has 5 heteroatoms. The number of aromatic nitrogens is 1. The highest BCUT2D eigenvalue weighted by atomic mass is 79.9. The molecule has 0 saturated heterocycles. The molecular weight excluding hydrogens is 304 g/mol. The van der Waals surface area contributed by atoms with E-state index in [1.807, 2.05) is 18.2 Å². The van der Waals surface area contributed by atoms with Crippen molar-refractivity contribution in [2.24, 2.45) is 0 Å². The summed E-state index contributed by atoms with van der Waals surface area (Å²) < 4.78 is 1.02. The third-order valence-corrected chi connectivity index (χ3v) is 3.81. The predicted molar refractivity (Wildman–Crippen MR) is 85.5 cm³/mol. The van der Waals surface area contributed by atoms with E-state index >= 15 is 0 Å². The molecular formula is C14H19BrN4. The van der Waals surface area contributed by atoms with Crippen molar-refractivity contribution in [3.8, 4) is 0 Å². The lowest BCUT2D eigenvalue weighted by molar-refractivity contribution is 0.326. The lowest BCUT2D eigenvalue weighted by atomic mass is 10.1. The molecule has 4 nitrogen and oxygen atoms in total. The zero-order valence-electron chi connectivity index (χ0n) is 11.4. The maximum Gasteiger partial charge on any atom is 0.0743 e. The highest BCUT2D eigenvalue weighted by Crippen LogP contribution is 2.30. The molecule has 2 rings (SSSR count). The van der Waals surface area contributed by atoms with Gasteiger partial charge < -0.3 is 16.0 Å². The Balaban J connectivity index is 2.35. The number of hydrogen-bond donors (Lipinski definition) is 2. The Morgan fingerprint density at radius 3 is 2.84 bits per heavy atom. The first-order valence-corrected chi connectivity index (χ1v) is 7.02. The van der Waals surface area contributed by atoms with Crippen LogP contribution in [0.15, 0.2) is 28.9 Å². The molecule has 3 N–H and O–H groups in total. The molecule has 0 spiro atoms. The summed E-state index contributed by atoms with van der Waals surface area (Å²) in [6, 6.07) is 6.44. The van der Waals surface area contributed by atoms with E-state index in [1.165, 1.54) is 0 Å². The fourth-order valence-electron chi connectivity index (χ4n) is 1.81. The van der Waals surface area contributed by atoms with Gasteiger partial charge >= 0.3 is 0 Å². The molecule has 2 aromatic rings. The molecule has 0 aliphatic carbocycles. The van der Waals surface area contributed by atoms with Crippen LogP contribution in [0.1, 0.15) is 6.92 Å². The Bertz CT molecular complexity index is 578. The van der Waals surface area contributed by atoms with Gasteiger partial charge in [0.25, 0.3) is 0 Å². The summed E-state index contributed by atoms with van der Waals surface area (Å²) in [6.45, 7) is 3.01. The number of nitrogen functional groups attached to an aromatic ring is 1. The SMILES string of the molecule is CC(CNc1c(N)cnc2ccc(Br)cc12)N(C)C. The van der Waals surface area contributed by atoms with Gasteiger partial charge in [-0.15, -0.1) is 0 Å². The summed E-state index contributed by atoms with van der Waals surface area (Å²) in [7, 11) is 4.13. The van der Waals surface area contributed by atoms with Crippen molar-refractivity contribution < 1.29 is 0 Å². The maximum absolute atomic E-state index is 6.05. The van der Waals surface area contributed by atoms with Gasteiger partial charge in [0.2, 0.25) is 0 Å². The van der Waals surface area contributed by atoms with Crippen LogP contribution in [0.3, 0.4) is 0 Å². The molecule has 102 valence electrons. The first kappa shape index (κ1) is 14.1. The summed E-state index contributed by atoms with van der Waals surface area (Å²) in [6.07, 6.45) is 1.71. The van der Waals surface area contributed by atoms with Gasteiger partial charge in [-0.2, -0.15) is 0 Å². The molecule has 0 fully saturated rings. The fraction of sp³-hybridized carbons (Fsp3) is 0.357. The van der Waals surface area contributed by atoms with Crippen LogP contribution in [0, 0.1) is 0 Å². The molecule has 0 aliphatic heterocycles. The van der Waals surface area contributed by atoms with E-state index in [1.54, 1.807) is 6.20 Å². The number of anilines is 2. The number of pyridine rings is 1. The number of hydrogen-bond acceptors (Lipinski definition) is 4. The number of nitrogens with zero attached hydrogens (tertiary/aromatic N) is 2. The van der Waals surface area contributed by atoms with Crippen LogP contribution in [-0.4, -0.2) is 36.6 Å². The number of halogens is 1. The average Bonchev–Trinajstić information content (AvgIpc) is 2.37. The Kier molecular flexibility index (Phi) is 4.27. The highest BCUT2D eigenvalue weighted by molar-refractivity contribution is 9.10. The van der Waals surface area contributed by atoms with Crippen molar-refractivity contribution >= 4 is 38.2 Å². The van der Waals surface area contributed by atoms with Gasteiger partial charge in [0, 0.05) is 22.4 Å². The standard InChI is InChI=1S/C14H19BrN4/c1-9(19(2)3)7-18-14-11-6-10(15)4-5-13(11)17-8-12(14)16/h4-6,8-9H,7,16H2,1-3H3,(H,17,18). The second-order valence-electron chi connectivity index (χ2n) is 4.94. The second-order valence-corrected chi connectivity index (χ2v) is 5.86. The molecule has 1 aromatic carbocycles. The Hall–Kier alpha value is -1.33. The summed E-state index contributed by atoms with van der Waals surface area (Å²) >= 11 is 3.49. The van der Waals surface area contributed by atoms with Crippen molar-refractivity contribution in [3.05, 3.63) is 28.9 Å². The first-order valence-electron chi connectivity index (χ1n) is 6.23. The summed E-state index contributed by atoms with van der Waals surface area (Å²) in [5, 5.41) is 4.48. The second kappa shape index (κ2) is 5.75. The van der Waals surface area contributed by atoms with Crippen molar-refractivity contribution in [1.82, 2.24) is 9.88 Å². The van der Waals surface area contributed by atoms with Gasteiger partial charge in [-0.3, -0.25) is 4.98 Å². The summed E-state index contributed by atoms with van der Waals surface area (Å²) in [4.78, 5) is 6.52. The first-order chi connectivity index (χ1) is 8.99. The van der Waals surface area contributed by atoms with Crippen LogP contribution < -0.4 is 11.1 Å². The van der Waals surface area contributed by atoms with Gasteiger partial charge in [-0.25, -0.2) is 0 Å². The zero-order valence-corrected chi connectivity index (χ0v) is 13.0. The van der Waals surface area contributed by atoms with Crippen LogP contribution in [-0.2, 0) is 0 Å². The fourth-order valence-corrected chi connectivity index (χ4v) is 2.17. The van der Waals surface area contributed by atoms with E-state index in [-0.39, 0.29) is 0 Å². The molecule has 0 radical (unpaired) electrons. The van der Waals surface area contributed by atoms with E-state index in [9.17, 15) is 0 Å². The highest BCUT2D eigenvalue weighted by Gasteiger charge is 2.09. The van der Waals surface area contributed by atoms with E-state index in [4.69, 9.17) is 5.73 Å². The minimum absolute atomic E-state index is 0.426. The topological polar surface area (TPSA) is 54.2 Å². The largest absolute Gasteiger partial charge is 0.396 e. The van der Waals surface area contributed by atoms with Crippen molar-refractivity contribution in [2.75, 3.05) is 31.7 Å². The number of fused-ring (bicyclic) bond motifs is 1. The average molecular weight is 323 g/mol. The Morgan fingerprint density at radius 2 is 2.16 bits per heavy atom. The lowest BCUT2D eigenvalue weighted by Crippen LogP contribution is -2.31. The predicted octanol–water partition coefficient (Wildman–Crippen LogP) is 2.94.